The van der Waals surface area contributed by atoms with Gasteiger partial charge in [-0.2, -0.15) is 0 Å². The Bertz CT molecular complexity index is 1320. The normalized spacial score (nSPS) is 13.8. The van der Waals surface area contributed by atoms with Gasteiger partial charge in [-0.15, -0.1) is 0 Å². The molecule has 5 N–H and O–H groups in total. The van der Waals surface area contributed by atoms with Crippen LogP contribution in [-0.2, 0) is 59.1 Å². The van der Waals surface area contributed by atoms with E-state index in [0.29, 0.717) is 12.8 Å². The first-order valence-electron chi connectivity index (χ1n) is 17.8. The quantitative estimate of drug-likeness (QED) is 0.0494. The average molecular weight is 733 g/mol. The summed E-state index contributed by atoms with van der Waals surface area (Å²) in [7, 11) is 1.15. The zero-order chi connectivity index (χ0) is 38.9. The summed E-state index contributed by atoms with van der Waals surface area (Å²) in [6.45, 7) is 6.82. The summed E-state index contributed by atoms with van der Waals surface area (Å²) in [5.74, 6) is -4.94. The van der Waals surface area contributed by atoms with Gasteiger partial charge in [0.1, 0.15) is 30.8 Å². The summed E-state index contributed by atoms with van der Waals surface area (Å²) in [6.07, 6.45) is 5.57. The van der Waals surface area contributed by atoms with E-state index in [9.17, 15) is 33.6 Å². The van der Waals surface area contributed by atoms with Gasteiger partial charge in [0.25, 0.3) is 0 Å². The number of carbonyl (C=O) groups excluding carboxylic acids is 7. The number of hydrogen-bond donors (Lipinski definition) is 4. The van der Waals surface area contributed by atoms with Crippen molar-refractivity contribution in [3.8, 4) is 0 Å². The Morgan fingerprint density at radius 2 is 1.44 bits per heavy atom. The van der Waals surface area contributed by atoms with E-state index >= 15 is 0 Å². The molecule has 0 heterocycles. The van der Waals surface area contributed by atoms with Crippen molar-refractivity contribution in [2.24, 2.45) is 5.73 Å². The molecule has 15 heteroatoms. The van der Waals surface area contributed by atoms with E-state index in [-0.39, 0.29) is 44.8 Å². The van der Waals surface area contributed by atoms with Crippen molar-refractivity contribution >= 4 is 41.6 Å². The minimum atomic E-state index is -1.38. The van der Waals surface area contributed by atoms with Crippen LogP contribution in [0.4, 0.5) is 0 Å². The van der Waals surface area contributed by atoms with Gasteiger partial charge in [-0.25, -0.2) is 14.4 Å². The van der Waals surface area contributed by atoms with Crippen LogP contribution in [0.3, 0.4) is 0 Å². The number of nitrogens with two attached hydrogens (primary N) is 1. The number of nitrogens with one attached hydrogen (secondary N) is 3. The summed E-state index contributed by atoms with van der Waals surface area (Å²) in [4.78, 5) is 89.0. The first kappa shape index (κ1) is 45.2. The second-order valence-corrected chi connectivity index (χ2v) is 12.3. The zero-order valence-electron chi connectivity index (χ0n) is 31.0. The van der Waals surface area contributed by atoms with Crippen molar-refractivity contribution in [1.29, 1.82) is 0 Å². The first-order valence-corrected chi connectivity index (χ1v) is 17.8. The van der Waals surface area contributed by atoms with Crippen molar-refractivity contribution in [2.75, 3.05) is 13.7 Å². The highest BCUT2D eigenvalue weighted by Crippen LogP contribution is 2.10. The van der Waals surface area contributed by atoms with Crippen molar-refractivity contribution < 1.29 is 52.5 Å². The van der Waals surface area contributed by atoms with Crippen molar-refractivity contribution in [2.45, 2.75) is 129 Å². The SMILES string of the molecule is CCCCCCC(=O)N[C@H](CCC(=O)N[C@@H](/C=C/C[C@@H](OC(=O)[C@H](C)N)C(=O)OCCCC)C(=O)N[C@H](C)C(=O)OC)C(=O)OCc1ccccc1. The number of carbonyl (C=O) groups is 7. The van der Waals surface area contributed by atoms with Gasteiger partial charge in [0.05, 0.1) is 13.7 Å². The summed E-state index contributed by atoms with van der Waals surface area (Å²) >= 11 is 0. The molecule has 0 saturated carbocycles. The van der Waals surface area contributed by atoms with Gasteiger partial charge < -0.3 is 40.6 Å². The van der Waals surface area contributed by atoms with Crippen LogP contribution < -0.4 is 21.7 Å². The molecule has 1 aromatic rings. The Balaban J connectivity index is 3.13. The lowest BCUT2D eigenvalue weighted by Crippen LogP contribution is -2.50. The van der Waals surface area contributed by atoms with Crippen LogP contribution in [-0.4, -0.2) is 85.6 Å². The predicted octanol–water partition coefficient (Wildman–Crippen LogP) is 2.68. The summed E-state index contributed by atoms with van der Waals surface area (Å²) in [5.41, 5.74) is 6.34. The summed E-state index contributed by atoms with van der Waals surface area (Å²) < 4.78 is 20.5. The Morgan fingerprint density at radius 1 is 0.769 bits per heavy atom. The molecule has 0 aliphatic rings. The number of hydrogen-bond acceptors (Lipinski definition) is 12. The number of esters is 4. The van der Waals surface area contributed by atoms with Gasteiger partial charge in [-0.3, -0.25) is 19.2 Å². The smallest absolute Gasteiger partial charge is 0.347 e. The monoisotopic (exact) mass is 732 g/mol. The van der Waals surface area contributed by atoms with Crippen molar-refractivity contribution in [1.82, 2.24) is 16.0 Å². The number of benzene rings is 1. The number of amides is 3. The third-order valence-electron chi connectivity index (χ3n) is 7.59. The van der Waals surface area contributed by atoms with Crippen LogP contribution in [0.1, 0.15) is 97.5 Å². The van der Waals surface area contributed by atoms with Crippen LogP contribution in [0, 0.1) is 0 Å². The van der Waals surface area contributed by atoms with E-state index in [2.05, 4.69) is 27.6 Å². The minimum Gasteiger partial charge on any atom is -0.467 e. The van der Waals surface area contributed by atoms with E-state index in [4.69, 9.17) is 19.9 Å². The molecule has 290 valence electrons. The maximum absolute atomic E-state index is 13.2. The third-order valence-corrected chi connectivity index (χ3v) is 7.59. The maximum Gasteiger partial charge on any atom is 0.347 e. The number of methoxy groups -OCH3 is 1. The van der Waals surface area contributed by atoms with Gasteiger partial charge in [0, 0.05) is 19.3 Å². The Labute approximate surface area is 306 Å². The molecule has 5 atom stereocenters. The second-order valence-electron chi connectivity index (χ2n) is 12.3. The summed E-state index contributed by atoms with van der Waals surface area (Å²) in [5, 5.41) is 7.66. The van der Waals surface area contributed by atoms with Crippen LogP contribution in [0.5, 0.6) is 0 Å². The molecule has 0 unspecified atom stereocenters. The summed E-state index contributed by atoms with van der Waals surface area (Å²) in [6, 6.07) is 4.36. The molecular formula is C37H56N4O11. The number of ether oxygens (including phenoxy) is 4. The maximum atomic E-state index is 13.2. The highest BCUT2D eigenvalue weighted by Gasteiger charge is 2.28. The van der Waals surface area contributed by atoms with E-state index < -0.39 is 66.0 Å². The molecule has 15 nitrogen and oxygen atoms in total. The van der Waals surface area contributed by atoms with Gasteiger partial charge >= 0.3 is 23.9 Å². The van der Waals surface area contributed by atoms with E-state index in [1.165, 1.54) is 26.0 Å². The lowest BCUT2D eigenvalue weighted by molar-refractivity contribution is -0.168. The largest absolute Gasteiger partial charge is 0.467 e. The highest BCUT2D eigenvalue weighted by atomic mass is 16.6. The van der Waals surface area contributed by atoms with Crippen LogP contribution >= 0.6 is 0 Å². The molecule has 0 fully saturated rings. The molecule has 3 amide bonds. The van der Waals surface area contributed by atoms with E-state index in [1.54, 1.807) is 24.3 Å². The van der Waals surface area contributed by atoms with Gasteiger partial charge in [-0.05, 0) is 38.7 Å². The fourth-order valence-corrected chi connectivity index (χ4v) is 4.51. The van der Waals surface area contributed by atoms with Gasteiger partial charge in [0.2, 0.25) is 23.8 Å². The molecule has 52 heavy (non-hydrogen) atoms. The molecular weight excluding hydrogens is 676 g/mol. The Morgan fingerprint density at radius 3 is 2.08 bits per heavy atom. The molecule has 0 saturated heterocycles. The van der Waals surface area contributed by atoms with E-state index in [1.807, 2.05) is 13.0 Å². The molecule has 0 radical (unpaired) electrons. The fraction of sp³-hybridized carbons (Fsp3) is 0.595. The Hall–Kier alpha value is -4.79. The zero-order valence-corrected chi connectivity index (χ0v) is 31.0. The average Bonchev–Trinajstić information content (AvgIpc) is 3.12. The minimum absolute atomic E-state index is 0.0349. The molecule has 1 rings (SSSR count). The van der Waals surface area contributed by atoms with Gasteiger partial charge in [0.15, 0.2) is 0 Å². The van der Waals surface area contributed by atoms with Gasteiger partial charge in [-0.1, -0.05) is 82.0 Å². The molecule has 0 aromatic heterocycles. The standard InChI is InChI=1S/C37H56N4O11/c1-6-8-10-14-20-31(42)41-29(36(47)51-24-27-16-12-11-13-17-27)21-22-32(43)40-28(33(44)39-26(4)35(46)49-5)18-15-19-30(52-34(45)25(3)38)37(48)50-23-9-7-2/h11-13,15-18,25-26,28-30H,6-10,14,19-24,38H2,1-5H3,(H,39,44)(H,40,43)(H,41,42)/b18-15+/t25-,26+,28-,29+,30+/m0/s1. The molecule has 0 aliphatic heterocycles. The van der Waals surface area contributed by atoms with E-state index in [0.717, 1.165) is 38.4 Å². The predicted molar refractivity (Wildman–Crippen MR) is 191 cm³/mol. The topological polar surface area (TPSA) is 219 Å². The number of unbranched alkanes of at least 4 members (excludes halogenated alkanes) is 4. The lowest BCUT2D eigenvalue weighted by Gasteiger charge is -2.20. The highest BCUT2D eigenvalue weighted by molar-refractivity contribution is 5.92. The molecule has 1 aromatic carbocycles. The fourth-order valence-electron chi connectivity index (χ4n) is 4.51. The van der Waals surface area contributed by atoms with Crippen LogP contribution in [0.25, 0.3) is 0 Å². The van der Waals surface area contributed by atoms with Crippen LogP contribution in [0.15, 0.2) is 42.5 Å². The molecule has 0 spiro atoms. The van der Waals surface area contributed by atoms with Crippen molar-refractivity contribution in [3.05, 3.63) is 48.0 Å². The van der Waals surface area contributed by atoms with Crippen molar-refractivity contribution in [3.63, 3.8) is 0 Å². The van der Waals surface area contributed by atoms with Crippen LogP contribution in [0.2, 0.25) is 0 Å². The number of rotatable bonds is 25. The molecule has 0 bridgehead atoms. The Kier molecular flexibility index (Phi) is 22.7. The lowest BCUT2D eigenvalue weighted by atomic mass is 10.1. The molecule has 0 aliphatic carbocycles. The first-order chi connectivity index (χ1) is 24.8. The third kappa shape index (κ3) is 19.0. The second kappa shape index (κ2) is 26.1.